The number of sulfonamides is 1. The molecule has 132 valence electrons. The van der Waals surface area contributed by atoms with Gasteiger partial charge in [-0.05, 0) is 37.1 Å². The van der Waals surface area contributed by atoms with Gasteiger partial charge in [0.05, 0.1) is 4.90 Å². The molecule has 2 bridgehead atoms. The molecule has 3 heterocycles. The first-order valence-corrected chi connectivity index (χ1v) is 10.2. The van der Waals surface area contributed by atoms with Gasteiger partial charge < -0.3 is 4.74 Å². The molecule has 0 N–H and O–H groups in total. The number of pyridine rings is 1. The lowest BCUT2D eigenvalue weighted by Gasteiger charge is -2.37. The average molecular weight is 379 g/mol. The number of nitrogens with zero attached hydrogens (tertiary/aromatic N) is 2. The lowest BCUT2D eigenvalue weighted by molar-refractivity contribution is 0.0918. The van der Waals surface area contributed by atoms with Crippen molar-refractivity contribution in [2.24, 2.45) is 0 Å². The van der Waals surface area contributed by atoms with Gasteiger partial charge in [0.1, 0.15) is 6.10 Å². The Labute approximate surface area is 152 Å². The van der Waals surface area contributed by atoms with E-state index < -0.39 is 10.0 Å². The van der Waals surface area contributed by atoms with Gasteiger partial charge in [0.25, 0.3) is 0 Å². The SMILES string of the molecule is O=S(=O)(c1cccc(Cl)c1)N1C2CCC1CC(Oc1ccccn1)C2. The molecule has 5 nitrogen and oxygen atoms in total. The van der Waals surface area contributed by atoms with Crippen molar-refractivity contribution < 1.29 is 13.2 Å². The molecule has 2 saturated heterocycles. The Morgan fingerprint density at radius 1 is 1.08 bits per heavy atom. The van der Waals surface area contributed by atoms with E-state index in [1.807, 2.05) is 18.2 Å². The van der Waals surface area contributed by atoms with Gasteiger partial charge >= 0.3 is 0 Å². The molecule has 0 aliphatic carbocycles. The van der Waals surface area contributed by atoms with Crippen LogP contribution >= 0.6 is 11.6 Å². The monoisotopic (exact) mass is 378 g/mol. The Bertz CT molecular complexity index is 846. The number of hydrogen-bond donors (Lipinski definition) is 0. The molecule has 4 rings (SSSR count). The third kappa shape index (κ3) is 3.26. The van der Waals surface area contributed by atoms with E-state index in [1.165, 1.54) is 6.07 Å². The van der Waals surface area contributed by atoms with E-state index in [1.54, 1.807) is 28.7 Å². The molecule has 0 amide bonds. The third-order valence-electron chi connectivity index (χ3n) is 4.92. The molecule has 2 aliphatic rings. The van der Waals surface area contributed by atoms with Crippen molar-refractivity contribution in [3.05, 3.63) is 53.7 Å². The first-order valence-electron chi connectivity index (χ1n) is 8.41. The second-order valence-electron chi connectivity index (χ2n) is 6.56. The number of aromatic nitrogens is 1. The Balaban J connectivity index is 1.54. The summed E-state index contributed by atoms with van der Waals surface area (Å²) in [6.45, 7) is 0. The van der Waals surface area contributed by atoms with E-state index in [9.17, 15) is 8.42 Å². The van der Waals surface area contributed by atoms with E-state index in [4.69, 9.17) is 16.3 Å². The molecule has 7 heteroatoms. The van der Waals surface area contributed by atoms with Crippen molar-refractivity contribution in [3.63, 3.8) is 0 Å². The smallest absolute Gasteiger partial charge is 0.243 e. The van der Waals surface area contributed by atoms with E-state index in [0.717, 1.165) is 12.8 Å². The van der Waals surface area contributed by atoms with Crippen LogP contribution in [0.15, 0.2) is 53.6 Å². The summed E-state index contributed by atoms with van der Waals surface area (Å²) in [6, 6.07) is 12.0. The van der Waals surface area contributed by atoms with Gasteiger partial charge in [-0.25, -0.2) is 13.4 Å². The van der Waals surface area contributed by atoms with Crippen LogP contribution in [0.1, 0.15) is 25.7 Å². The summed E-state index contributed by atoms with van der Waals surface area (Å²) in [7, 11) is -3.54. The predicted octanol–water partition coefficient (Wildman–Crippen LogP) is 3.50. The molecule has 2 unspecified atom stereocenters. The quantitative estimate of drug-likeness (QED) is 0.817. The van der Waals surface area contributed by atoms with Crippen molar-refractivity contribution in [1.29, 1.82) is 0 Å². The van der Waals surface area contributed by atoms with Gasteiger partial charge in [-0.3, -0.25) is 0 Å². The van der Waals surface area contributed by atoms with Crippen molar-refractivity contribution in [2.45, 2.75) is 48.8 Å². The fourth-order valence-electron chi connectivity index (χ4n) is 3.91. The van der Waals surface area contributed by atoms with E-state index in [-0.39, 0.29) is 23.1 Å². The molecule has 0 saturated carbocycles. The van der Waals surface area contributed by atoms with Gasteiger partial charge in [-0.2, -0.15) is 4.31 Å². The molecule has 2 fully saturated rings. The van der Waals surface area contributed by atoms with Gasteiger partial charge in [0, 0.05) is 42.2 Å². The van der Waals surface area contributed by atoms with Crippen molar-refractivity contribution in [2.75, 3.05) is 0 Å². The second-order valence-corrected chi connectivity index (χ2v) is 8.84. The Morgan fingerprint density at radius 3 is 2.48 bits per heavy atom. The molecule has 0 radical (unpaired) electrons. The highest BCUT2D eigenvalue weighted by atomic mass is 35.5. The minimum atomic E-state index is -3.54. The van der Waals surface area contributed by atoms with E-state index in [2.05, 4.69) is 4.98 Å². The van der Waals surface area contributed by atoms with Gasteiger partial charge in [-0.1, -0.05) is 23.7 Å². The van der Waals surface area contributed by atoms with Gasteiger partial charge in [0.15, 0.2) is 0 Å². The number of halogens is 1. The zero-order valence-corrected chi connectivity index (χ0v) is 15.2. The molecule has 2 aromatic rings. The summed E-state index contributed by atoms with van der Waals surface area (Å²) in [5, 5.41) is 0.432. The number of hydrogen-bond acceptors (Lipinski definition) is 4. The number of rotatable bonds is 4. The Hall–Kier alpha value is -1.63. The van der Waals surface area contributed by atoms with Crippen LogP contribution in [0.4, 0.5) is 0 Å². The largest absolute Gasteiger partial charge is 0.474 e. The van der Waals surface area contributed by atoms with Crippen molar-refractivity contribution in [3.8, 4) is 5.88 Å². The molecular formula is C18H19ClN2O3S. The molecule has 1 aromatic heterocycles. The first kappa shape index (κ1) is 16.8. The Morgan fingerprint density at radius 2 is 1.84 bits per heavy atom. The summed E-state index contributed by atoms with van der Waals surface area (Å²) >= 11 is 5.98. The second kappa shape index (κ2) is 6.59. The predicted molar refractivity (Wildman–Crippen MR) is 95.2 cm³/mol. The highest BCUT2D eigenvalue weighted by Crippen LogP contribution is 2.41. The van der Waals surface area contributed by atoms with Crippen molar-refractivity contribution in [1.82, 2.24) is 9.29 Å². The fourth-order valence-corrected chi connectivity index (χ4v) is 6.10. The normalized spacial score (nSPS) is 26.5. The highest BCUT2D eigenvalue weighted by Gasteiger charge is 2.47. The average Bonchev–Trinajstić information content (AvgIpc) is 2.88. The fraction of sp³-hybridized carbons (Fsp3) is 0.389. The molecule has 2 atom stereocenters. The molecular weight excluding hydrogens is 360 g/mol. The number of benzene rings is 1. The standard InChI is InChI=1S/C18H19ClN2O3S/c19-13-4-3-5-17(10-13)25(22,23)21-14-7-8-15(21)12-16(11-14)24-18-6-1-2-9-20-18/h1-6,9-10,14-16H,7-8,11-12H2. The molecule has 0 spiro atoms. The zero-order valence-electron chi connectivity index (χ0n) is 13.6. The Kier molecular flexibility index (Phi) is 4.43. The number of piperidine rings is 1. The zero-order chi connectivity index (χ0) is 17.4. The lowest BCUT2D eigenvalue weighted by Crippen LogP contribution is -2.49. The van der Waals surface area contributed by atoms with Crippen LogP contribution in [-0.4, -0.2) is 35.9 Å². The summed E-state index contributed by atoms with van der Waals surface area (Å²) < 4.78 is 33.8. The topological polar surface area (TPSA) is 59.5 Å². The summed E-state index contributed by atoms with van der Waals surface area (Å²) in [6.07, 6.45) is 4.81. The van der Waals surface area contributed by atoms with Crippen LogP contribution in [-0.2, 0) is 10.0 Å². The maximum atomic E-state index is 13.1. The molecule has 25 heavy (non-hydrogen) atoms. The van der Waals surface area contributed by atoms with Crippen LogP contribution < -0.4 is 4.74 Å². The highest BCUT2D eigenvalue weighted by molar-refractivity contribution is 7.89. The lowest BCUT2D eigenvalue weighted by atomic mass is 10.0. The van der Waals surface area contributed by atoms with E-state index >= 15 is 0 Å². The van der Waals surface area contributed by atoms with E-state index in [0.29, 0.717) is 23.7 Å². The van der Waals surface area contributed by atoms with Crippen molar-refractivity contribution >= 4 is 21.6 Å². The minimum Gasteiger partial charge on any atom is -0.474 e. The minimum absolute atomic E-state index is 0.00166. The summed E-state index contributed by atoms with van der Waals surface area (Å²) in [5.41, 5.74) is 0. The molecule has 2 aliphatic heterocycles. The van der Waals surface area contributed by atoms with Crippen LogP contribution in [0.5, 0.6) is 5.88 Å². The maximum absolute atomic E-state index is 13.1. The number of fused-ring (bicyclic) bond motifs is 2. The summed E-state index contributed by atoms with van der Waals surface area (Å²) in [5.74, 6) is 0.595. The third-order valence-corrected chi connectivity index (χ3v) is 7.16. The van der Waals surface area contributed by atoms with Crippen LogP contribution in [0.25, 0.3) is 0 Å². The molecule has 1 aromatic carbocycles. The summed E-state index contributed by atoms with van der Waals surface area (Å²) in [4.78, 5) is 4.46. The van der Waals surface area contributed by atoms with Crippen LogP contribution in [0.2, 0.25) is 5.02 Å². The van der Waals surface area contributed by atoms with Gasteiger partial charge in [0.2, 0.25) is 15.9 Å². The number of ether oxygens (including phenoxy) is 1. The van der Waals surface area contributed by atoms with Gasteiger partial charge in [-0.15, -0.1) is 0 Å². The first-order chi connectivity index (χ1) is 12.0. The van der Waals surface area contributed by atoms with Crippen LogP contribution in [0, 0.1) is 0 Å². The van der Waals surface area contributed by atoms with Crippen LogP contribution in [0.3, 0.4) is 0 Å². The maximum Gasteiger partial charge on any atom is 0.243 e.